The van der Waals surface area contributed by atoms with Crippen LogP contribution in [0.4, 0.5) is 17.1 Å². The summed E-state index contributed by atoms with van der Waals surface area (Å²) in [6, 6.07) is 8.04. The number of rotatable bonds is 5. The number of nitro groups is 2. The lowest BCUT2D eigenvalue weighted by Crippen LogP contribution is -2.13. The number of hydrogen-bond acceptors (Lipinski definition) is 6. The molecule has 0 aliphatic rings. The van der Waals surface area contributed by atoms with Crippen LogP contribution in [0.1, 0.15) is 15.9 Å². The molecule has 0 bridgehead atoms. The predicted octanol–water partition coefficient (Wildman–Crippen LogP) is 3.07. The smallest absolute Gasteiger partial charge is 0.311 e. The lowest BCUT2D eigenvalue weighted by molar-refractivity contribution is -0.385. The van der Waals surface area contributed by atoms with E-state index in [1.807, 2.05) is 0 Å². The summed E-state index contributed by atoms with van der Waals surface area (Å²) in [7, 11) is 1.29. The van der Waals surface area contributed by atoms with Crippen molar-refractivity contribution in [3.8, 4) is 5.75 Å². The summed E-state index contributed by atoms with van der Waals surface area (Å²) < 4.78 is 4.87. The summed E-state index contributed by atoms with van der Waals surface area (Å²) in [5.74, 6) is -0.590. The van der Waals surface area contributed by atoms with Gasteiger partial charge in [-0.15, -0.1) is 0 Å². The number of hydrogen-bond donors (Lipinski definition) is 1. The monoisotopic (exact) mass is 331 g/mol. The summed E-state index contributed by atoms with van der Waals surface area (Å²) in [5.41, 5.74) is 0.106. The zero-order valence-corrected chi connectivity index (χ0v) is 12.8. The Morgan fingerprint density at radius 2 is 1.75 bits per heavy atom. The van der Waals surface area contributed by atoms with Crippen LogP contribution in [-0.2, 0) is 0 Å². The lowest BCUT2D eigenvalue weighted by atomic mass is 10.1. The Morgan fingerprint density at radius 3 is 2.33 bits per heavy atom. The first-order valence-corrected chi connectivity index (χ1v) is 6.73. The number of ether oxygens (including phenoxy) is 1. The van der Waals surface area contributed by atoms with Gasteiger partial charge in [0, 0.05) is 17.7 Å². The molecule has 9 heteroatoms. The molecule has 0 saturated heterocycles. The number of nitrogens with one attached hydrogen (secondary N) is 1. The third-order valence-electron chi connectivity index (χ3n) is 3.39. The molecule has 2 aromatic rings. The Morgan fingerprint density at radius 1 is 1.08 bits per heavy atom. The van der Waals surface area contributed by atoms with E-state index in [1.165, 1.54) is 44.4 Å². The van der Waals surface area contributed by atoms with Crippen LogP contribution in [0.2, 0.25) is 0 Å². The van der Waals surface area contributed by atoms with Gasteiger partial charge in [0.1, 0.15) is 0 Å². The number of anilines is 1. The molecule has 0 aliphatic heterocycles. The second-order valence-corrected chi connectivity index (χ2v) is 4.80. The maximum absolute atomic E-state index is 12.3. The predicted molar refractivity (Wildman–Crippen MR) is 85.4 cm³/mol. The maximum Gasteiger partial charge on any atom is 0.311 e. The van der Waals surface area contributed by atoms with Gasteiger partial charge in [0.2, 0.25) is 0 Å². The molecule has 0 aromatic heterocycles. The van der Waals surface area contributed by atoms with Gasteiger partial charge in [-0.1, -0.05) is 6.07 Å². The first kappa shape index (κ1) is 16.9. The van der Waals surface area contributed by atoms with Gasteiger partial charge in [-0.3, -0.25) is 25.0 Å². The van der Waals surface area contributed by atoms with E-state index < -0.39 is 15.8 Å². The largest absolute Gasteiger partial charge is 0.490 e. The Balaban J connectivity index is 2.34. The van der Waals surface area contributed by atoms with Crippen molar-refractivity contribution in [2.45, 2.75) is 6.92 Å². The first-order valence-electron chi connectivity index (χ1n) is 6.73. The van der Waals surface area contributed by atoms with Gasteiger partial charge in [-0.05, 0) is 25.1 Å². The molecule has 124 valence electrons. The van der Waals surface area contributed by atoms with E-state index in [1.54, 1.807) is 0 Å². The van der Waals surface area contributed by atoms with Crippen molar-refractivity contribution < 1.29 is 19.4 Å². The first-order chi connectivity index (χ1) is 11.3. The van der Waals surface area contributed by atoms with Crippen molar-refractivity contribution in [1.29, 1.82) is 0 Å². The molecule has 2 rings (SSSR count). The minimum atomic E-state index is -0.659. The van der Waals surface area contributed by atoms with E-state index in [-0.39, 0.29) is 28.4 Å². The number of amides is 1. The quantitative estimate of drug-likeness (QED) is 0.663. The van der Waals surface area contributed by atoms with Crippen molar-refractivity contribution in [1.82, 2.24) is 0 Å². The van der Waals surface area contributed by atoms with Crippen molar-refractivity contribution >= 4 is 23.0 Å². The van der Waals surface area contributed by atoms with Crippen molar-refractivity contribution in [2.24, 2.45) is 0 Å². The van der Waals surface area contributed by atoms with Crippen molar-refractivity contribution in [3.63, 3.8) is 0 Å². The van der Waals surface area contributed by atoms with Crippen LogP contribution < -0.4 is 10.1 Å². The average Bonchev–Trinajstić information content (AvgIpc) is 2.55. The van der Waals surface area contributed by atoms with Crippen LogP contribution >= 0.6 is 0 Å². The summed E-state index contributed by atoms with van der Waals surface area (Å²) in [5, 5.41) is 24.4. The summed E-state index contributed by atoms with van der Waals surface area (Å²) in [4.78, 5) is 33.0. The summed E-state index contributed by atoms with van der Waals surface area (Å²) >= 11 is 0. The molecule has 0 aliphatic carbocycles. The molecule has 24 heavy (non-hydrogen) atoms. The second kappa shape index (κ2) is 6.73. The van der Waals surface area contributed by atoms with Gasteiger partial charge in [0.15, 0.2) is 5.75 Å². The molecule has 2 aromatic carbocycles. The molecule has 0 atom stereocenters. The highest BCUT2D eigenvalue weighted by atomic mass is 16.6. The molecular weight excluding hydrogens is 318 g/mol. The van der Waals surface area contributed by atoms with Gasteiger partial charge in [0.05, 0.1) is 28.2 Å². The molecule has 0 unspecified atom stereocenters. The number of carbonyl (C=O) groups excluding carboxylic acids is 1. The number of methoxy groups -OCH3 is 1. The Bertz CT molecular complexity index is 834. The third kappa shape index (κ3) is 3.29. The molecular formula is C15H13N3O6. The Hall–Kier alpha value is -3.49. The normalized spacial score (nSPS) is 10.1. The van der Waals surface area contributed by atoms with E-state index in [2.05, 4.69) is 5.32 Å². The minimum absolute atomic E-state index is 0.0306. The zero-order valence-electron chi connectivity index (χ0n) is 12.8. The lowest BCUT2D eigenvalue weighted by Gasteiger charge is -2.09. The molecule has 0 spiro atoms. The van der Waals surface area contributed by atoms with E-state index in [4.69, 9.17) is 4.74 Å². The fraction of sp³-hybridized carbons (Fsp3) is 0.133. The van der Waals surface area contributed by atoms with Crippen LogP contribution in [0.3, 0.4) is 0 Å². The van der Waals surface area contributed by atoms with Gasteiger partial charge >= 0.3 is 5.69 Å². The second-order valence-electron chi connectivity index (χ2n) is 4.80. The molecule has 0 saturated carbocycles. The van der Waals surface area contributed by atoms with Crippen LogP contribution in [0, 0.1) is 27.2 Å². The number of benzene rings is 2. The van der Waals surface area contributed by atoms with E-state index in [9.17, 15) is 25.0 Å². The fourth-order valence-electron chi connectivity index (χ4n) is 2.13. The zero-order chi connectivity index (χ0) is 17.9. The highest BCUT2D eigenvalue weighted by Gasteiger charge is 2.20. The number of nitrogens with zero attached hydrogens (tertiary/aromatic N) is 2. The Kier molecular flexibility index (Phi) is 4.73. The highest BCUT2D eigenvalue weighted by Crippen LogP contribution is 2.29. The SMILES string of the molecule is COc1ccc(C(=O)Nc2cccc([N+](=O)[O-])c2C)cc1[N+](=O)[O-]. The topological polar surface area (TPSA) is 125 Å². The molecule has 1 N–H and O–H groups in total. The molecule has 0 radical (unpaired) electrons. The van der Waals surface area contributed by atoms with E-state index in [0.29, 0.717) is 5.56 Å². The average molecular weight is 331 g/mol. The molecule has 0 heterocycles. The van der Waals surface area contributed by atoms with Crippen LogP contribution in [0.15, 0.2) is 36.4 Å². The van der Waals surface area contributed by atoms with Crippen LogP contribution in [0.5, 0.6) is 5.75 Å². The van der Waals surface area contributed by atoms with Crippen LogP contribution in [-0.4, -0.2) is 22.9 Å². The third-order valence-corrected chi connectivity index (χ3v) is 3.39. The highest BCUT2D eigenvalue weighted by molar-refractivity contribution is 6.05. The van der Waals surface area contributed by atoms with E-state index >= 15 is 0 Å². The van der Waals surface area contributed by atoms with Crippen LogP contribution in [0.25, 0.3) is 0 Å². The fourth-order valence-corrected chi connectivity index (χ4v) is 2.13. The van der Waals surface area contributed by atoms with Gasteiger partial charge < -0.3 is 10.1 Å². The summed E-state index contributed by atoms with van der Waals surface area (Å²) in [6.07, 6.45) is 0. The minimum Gasteiger partial charge on any atom is -0.490 e. The maximum atomic E-state index is 12.3. The number of nitro benzene ring substituents is 2. The van der Waals surface area contributed by atoms with Gasteiger partial charge in [-0.2, -0.15) is 0 Å². The summed E-state index contributed by atoms with van der Waals surface area (Å²) in [6.45, 7) is 1.50. The van der Waals surface area contributed by atoms with Crippen molar-refractivity contribution in [2.75, 3.05) is 12.4 Å². The Labute approximate surface area is 136 Å². The number of carbonyl (C=O) groups is 1. The molecule has 9 nitrogen and oxygen atoms in total. The van der Waals surface area contributed by atoms with Gasteiger partial charge in [-0.25, -0.2) is 0 Å². The van der Waals surface area contributed by atoms with E-state index in [0.717, 1.165) is 6.07 Å². The van der Waals surface area contributed by atoms with Gasteiger partial charge in [0.25, 0.3) is 11.6 Å². The molecule has 1 amide bonds. The molecule has 0 fully saturated rings. The van der Waals surface area contributed by atoms with Crippen molar-refractivity contribution in [3.05, 3.63) is 67.8 Å². The standard InChI is InChI=1S/C15H13N3O6/c1-9-11(4-3-5-12(9)17(20)21)16-15(19)10-6-7-14(24-2)13(8-10)18(22)23/h3-8H,1-2H3,(H,16,19).